The van der Waals surface area contributed by atoms with Gasteiger partial charge in [0.2, 0.25) is 11.8 Å². The predicted molar refractivity (Wildman–Crippen MR) is 61.9 cm³/mol. The van der Waals surface area contributed by atoms with Crippen LogP contribution in [0.5, 0.6) is 0 Å². The molecule has 0 spiro atoms. The van der Waals surface area contributed by atoms with Gasteiger partial charge in [-0.2, -0.15) is 0 Å². The number of rotatable bonds is 2. The molecule has 1 saturated carbocycles. The first-order valence-corrected chi connectivity index (χ1v) is 6.09. The van der Waals surface area contributed by atoms with Crippen LogP contribution in [0.2, 0.25) is 0 Å². The van der Waals surface area contributed by atoms with E-state index in [1.807, 2.05) is 6.92 Å². The van der Waals surface area contributed by atoms with Crippen LogP contribution in [0.15, 0.2) is 4.42 Å². The fourth-order valence-electron chi connectivity index (χ4n) is 2.52. The second kappa shape index (κ2) is 4.17. The van der Waals surface area contributed by atoms with Crippen molar-refractivity contribution >= 4 is 0 Å². The standard InChI is InChI=1S/C12H21N3O/c1-8(13)10-14-15-11(16-10)9-6-4-5-7-12(9,2)3/h8-9H,4-7,13H2,1-3H3. The Bertz CT molecular complexity index is 357. The molecule has 1 aliphatic rings. The van der Waals surface area contributed by atoms with Gasteiger partial charge in [0, 0.05) is 5.92 Å². The minimum atomic E-state index is -0.173. The molecule has 0 aromatic carbocycles. The molecule has 4 heteroatoms. The van der Waals surface area contributed by atoms with E-state index >= 15 is 0 Å². The largest absolute Gasteiger partial charge is 0.423 e. The van der Waals surface area contributed by atoms with E-state index in [0.29, 0.717) is 11.8 Å². The van der Waals surface area contributed by atoms with Crippen molar-refractivity contribution in [1.29, 1.82) is 0 Å². The average Bonchev–Trinajstić information content (AvgIpc) is 2.65. The third kappa shape index (κ3) is 2.12. The van der Waals surface area contributed by atoms with Crippen LogP contribution in [0.1, 0.15) is 70.2 Å². The molecule has 0 aliphatic heterocycles. The van der Waals surface area contributed by atoms with Crippen molar-refractivity contribution in [3.8, 4) is 0 Å². The molecule has 2 unspecified atom stereocenters. The highest BCUT2D eigenvalue weighted by Crippen LogP contribution is 2.46. The van der Waals surface area contributed by atoms with E-state index in [1.54, 1.807) is 0 Å². The van der Waals surface area contributed by atoms with Gasteiger partial charge >= 0.3 is 0 Å². The molecule has 90 valence electrons. The van der Waals surface area contributed by atoms with Gasteiger partial charge in [-0.25, -0.2) is 0 Å². The van der Waals surface area contributed by atoms with Gasteiger partial charge < -0.3 is 10.2 Å². The third-order valence-corrected chi connectivity index (χ3v) is 3.65. The molecule has 1 fully saturated rings. The first kappa shape index (κ1) is 11.6. The zero-order valence-electron chi connectivity index (χ0n) is 10.4. The van der Waals surface area contributed by atoms with Crippen molar-refractivity contribution < 1.29 is 4.42 Å². The lowest BCUT2D eigenvalue weighted by Gasteiger charge is -2.36. The Morgan fingerprint density at radius 2 is 2.12 bits per heavy atom. The zero-order valence-corrected chi connectivity index (χ0v) is 10.4. The topological polar surface area (TPSA) is 64.9 Å². The zero-order chi connectivity index (χ0) is 11.8. The van der Waals surface area contributed by atoms with Gasteiger partial charge in [0.1, 0.15) is 0 Å². The highest BCUT2D eigenvalue weighted by molar-refractivity contribution is 5.01. The van der Waals surface area contributed by atoms with Gasteiger partial charge in [-0.1, -0.05) is 26.7 Å². The fraction of sp³-hybridized carbons (Fsp3) is 0.833. The van der Waals surface area contributed by atoms with Crippen LogP contribution >= 0.6 is 0 Å². The van der Waals surface area contributed by atoms with E-state index in [2.05, 4.69) is 24.0 Å². The Labute approximate surface area is 96.6 Å². The summed E-state index contributed by atoms with van der Waals surface area (Å²) in [4.78, 5) is 0. The summed E-state index contributed by atoms with van der Waals surface area (Å²) in [6.45, 7) is 6.43. The summed E-state index contributed by atoms with van der Waals surface area (Å²) in [5.74, 6) is 1.72. The smallest absolute Gasteiger partial charge is 0.232 e. The molecule has 0 saturated heterocycles. The molecule has 1 aromatic rings. The summed E-state index contributed by atoms with van der Waals surface area (Å²) in [5.41, 5.74) is 5.99. The minimum absolute atomic E-state index is 0.173. The van der Waals surface area contributed by atoms with Crippen LogP contribution in [0.4, 0.5) is 0 Å². The van der Waals surface area contributed by atoms with E-state index in [1.165, 1.54) is 19.3 Å². The van der Waals surface area contributed by atoms with Gasteiger partial charge in [-0.3, -0.25) is 0 Å². The Kier molecular flexibility index (Phi) is 3.02. The first-order valence-electron chi connectivity index (χ1n) is 6.09. The van der Waals surface area contributed by atoms with Gasteiger partial charge in [0.25, 0.3) is 0 Å². The van der Waals surface area contributed by atoms with Gasteiger partial charge in [0.05, 0.1) is 6.04 Å². The Balaban J connectivity index is 2.21. The summed E-state index contributed by atoms with van der Waals surface area (Å²) in [5, 5.41) is 8.17. The molecular weight excluding hydrogens is 202 g/mol. The molecular formula is C12H21N3O. The SMILES string of the molecule is CC(N)c1nnc(C2CCCCC2(C)C)o1. The van der Waals surface area contributed by atoms with Crippen LogP contribution in [0, 0.1) is 5.41 Å². The Hall–Kier alpha value is -0.900. The Morgan fingerprint density at radius 1 is 1.38 bits per heavy atom. The Morgan fingerprint density at radius 3 is 2.69 bits per heavy atom. The van der Waals surface area contributed by atoms with Crippen LogP contribution in [0.3, 0.4) is 0 Å². The molecule has 1 heterocycles. The average molecular weight is 223 g/mol. The van der Waals surface area contributed by atoms with Crippen LogP contribution in [-0.2, 0) is 0 Å². The van der Waals surface area contributed by atoms with E-state index in [0.717, 1.165) is 12.3 Å². The van der Waals surface area contributed by atoms with E-state index in [9.17, 15) is 0 Å². The number of nitrogens with zero attached hydrogens (tertiary/aromatic N) is 2. The van der Waals surface area contributed by atoms with Crippen LogP contribution in [-0.4, -0.2) is 10.2 Å². The first-order chi connectivity index (χ1) is 7.50. The van der Waals surface area contributed by atoms with Gasteiger partial charge in [-0.05, 0) is 25.2 Å². The van der Waals surface area contributed by atoms with Crippen molar-refractivity contribution in [1.82, 2.24) is 10.2 Å². The maximum Gasteiger partial charge on any atom is 0.232 e. The fourth-order valence-corrected chi connectivity index (χ4v) is 2.52. The summed E-state index contributed by atoms with van der Waals surface area (Å²) in [6, 6.07) is -0.173. The molecule has 4 nitrogen and oxygen atoms in total. The second-order valence-electron chi connectivity index (χ2n) is 5.55. The normalized spacial score (nSPS) is 26.6. The molecule has 2 rings (SSSR count). The van der Waals surface area contributed by atoms with E-state index in [4.69, 9.17) is 10.2 Å². The molecule has 1 aromatic heterocycles. The molecule has 0 bridgehead atoms. The maximum atomic E-state index is 5.73. The molecule has 0 amide bonds. The molecule has 1 aliphatic carbocycles. The number of hydrogen-bond acceptors (Lipinski definition) is 4. The lowest BCUT2D eigenvalue weighted by atomic mass is 9.69. The number of aromatic nitrogens is 2. The summed E-state index contributed by atoms with van der Waals surface area (Å²) in [7, 11) is 0. The predicted octanol–water partition coefficient (Wildman–Crippen LogP) is 2.77. The lowest BCUT2D eigenvalue weighted by molar-refractivity contribution is 0.170. The van der Waals surface area contributed by atoms with Crippen molar-refractivity contribution in [2.75, 3.05) is 0 Å². The quantitative estimate of drug-likeness (QED) is 0.837. The number of hydrogen-bond donors (Lipinski definition) is 1. The summed E-state index contributed by atoms with van der Waals surface area (Å²) in [6.07, 6.45) is 4.93. The third-order valence-electron chi connectivity index (χ3n) is 3.65. The second-order valence-corrected chi connectivity index (χ2v) is 5.55. The number of nitrogens with two attached hydrogens (primary N) is 1. The minimum Gasteiger partial charge on any atom is -0.423 e. The molecule has 0 radical (unpaired) electrons. The van der Waals surface area contributed by atoms with E-state index < -0.39 is 0 Å². The summed E-state index contributed by atoms with van der Waals surface area (Å²) < 4.78 is 5.67. The molecule has 2 atom stereocenters. The monoisotopic (exact) mass is 223 g/mol. The molecule has 2 N–H and O–H groups in total. The van der Waals surface area contributed by atoms with Crippen molar-refractivity contribution in [2.24, 2.45) is 11.1 Å². The van der Waals surface area contributed by atoms with E-state index in [-0.39, 0.29) is 11.5 Å². The van der Waals surface area contributed by atoms with Crippen molar-refractivity contribution in [3.05, 3.63) is 11.8 Å². The molecule has 16 heavy (non-hydrogen) atoms. The van der Waals surface area contributed by atoms with Crippen LogP contribution in [0.25, 0.3) is 0 Å². The highest BCUT2D eigenvalue weighted by atomic mass is 16.4. The summed E-state index contributed by atoms with van der Waals surface area (Å²) >= 11 is 0. The van der Waals surface area contributed by atoms with Crippen molar-refractivity contribution in [3.63, 3.8) is 0 Å². The highest BCUT2D eigenvalue weighted by Gasteiger charge is 2.36. The van der Waals surface area contributed by atoms with Crippen LogP contribution < -0.4 is 5.73 Å². The lowest BCUT2D eigenvalue weighted by Crippen LogP contribution is -2.26. The van der Waals surface area contributed by atoms with Gasteiger partial charge in [0.15, 0.2) is 0 Å². The van der Waals surface area contributed by atoms with Crippen molar-refractivity contribution in [2.45, 2.75) is 58.4 Å². The maximum absolute atomic E-state index is 5.73. The van der Waals surface area contributed by atoms with Gasteiger partial charge in [-0.15, -0.1) is 10.2 Å².